The van der Waals surface area contributed by atoms with Gasteiger partial charge in [0.15, 0.2) is 9.84 Å². The molecule has 2 aromatic rings. The maximum Gasteiger partial charge on any atom is 0.152 e. The quantitative estimate of drug-likeness (QED) is 0.920. The van der Waals surface area contributed by atoms with Crippen LogP contribution in [0.4, 0.5) is 5.82 Å². The highest BCUT2D eigenvalue weighted by Gasteiger charge is 2.31. The van der Waals surface area contributed by atoms with Crippen molar-refractivity contribution in [1.82, 2.24) is 9.78 Å². The highest BCUT2D eigenvalue weighted by Crippen LogP contribution is 2.31. The Hall–Kier alpha value is -1.53. The van der Waals surface area contributed by atoms with Crippen molar-refractivity contribution in [1.29, 1.82) is 0 Å². The van der Waals surface area contributed by atoms with Crippen molar-refractivity contribution in [3.05, 3.63) is 34.9 Å². The molecule has 0 bridgehead atoms. The molecule has 2 N–H and O–H groups in total. The van der Waals surface area contributed by atoms with E-state index in [0.717, 1.165) is 16.8 Å². The van der Waals surface area contributed by atoms with E-state index in [9.17, 15) is 8.42 Å². The molecule has 1 aromatic heterocycles. The van der Waals surface area contributed by atoms with Gasteiger partial charge in [0.05, 0.1) is 23.2 Å². The summed E-state index contributed by atoms with van der Waals surface area (Å²) in [4.78, 5) is 0. The SMILES string of the molecule is Cc1c(Cl)cccc1-c1cc(N)n(C2CCS(=O)(=O)C2)n1. The minimum atomic E-state index is -2.97. The van der Waals surface area contributed by atoms with Gasteiger partial charge in [-0.1, -0.05) is 23.7 Å². The first-order valence-corrected chi connectivity index (χ1v) is 8.88. The van der Waals surface area contributed by atoms with Crippen LogP contribution in [0.1, 0.15) is 18.0 Å². The predicted octanol–water partition coefficient (Wildman–Crippen LogP) is 2.45. The number of anilines is 1. The van der Waals surface area contributed by atoms with Gasteiger partial charge >= 0.3 is 0 Å². The lowest BCUT2D eigenvalue weighted by Gasteiger charge is -2.10. The number of hydrogen-bond acceptors (Lipinski definition) is 4. The van der Waals surface area contributed by atoms with Crippen LogP contribution in [0, 0.1) is 6.92 Å². The van der Waals surface area contributed by atoms with E-state index in [1.165, 1.54) is 0 Å². The zero-order valence-corrected chi connectivity index (χ0v) is 13.2. The van der Waals surface area contributed by atoms with Gasteiger partial charge in [-0.15, -0.1) is 0 Å². The summed E-state index contributed by atoms with van der Waals surface area (Å²) in [5.74, 6) is 0.779. The molecule has 0 amide bonds. The van der Waals surface area contributed by atoms with E-state index < -0.39 is 9.84 Å². The summed E-state index contributed by atoms with van der Waals surface area (Å²) in [6, 6.07) is 7.20. The maximum absolute atomic E-state index is 11.6. The minimum Gasteiger partial charge on any atom is -0.384 e. The molecule has 7 heteroatoms. The normalized spacial score (nSPS) is 20.8. The van der Waals surface area contributed by atoms with Gasteiger partial charge in [0.2, 0.25) is 0 Å². The molecule has 1 unspecified atom stereocenters. The number of aromatic nitrogens is 2. The number of benzene rings is 1. The van der Waals surface area contributed by atoms with Crippen molar-refractivity contribution < 1.29 is 8.42 Å². The first kappa shape index (κ1) is 14.4. The van der Waals surface area contributed by atoms with Gasteiger partial charge in [-0.05, 0) is 25.0 Å². The number of nitrogen functional groups attached to an aromatic ring is 1. The van der Waals surface area contributed by atoms with E-state index >= 15 is 0 Å². The Morgan fingerprint density at radius 2 is 2.19 bits per heavy atom. The van der Waals surface area contributed by atoms with Gasteiger partial charge in [-0.2, -0.15) is 5.10 Å². The van der Waals surface area contributed by atoms with E-state index in [2.05, 4.69) is 5.10 Å². The largest absolute Gasteiger partial charge is 0.384 e. The Bertz CT molecular complexity index is 799. The molecule has 0 spiro atoms. The second-order valence-electron chi connectivity index (χ2n) is 5.37. The van der Waals surface area contributed by atoms with E-state index in [1.807, 2.05) is 25.1 Å². The average Bonchev–Trinajstić information content (AvgIpc) is 2.95. The second kappa shape index (κ2) is 5.03. The van der Waals surface area contributed by atoms with Crippen LogP contribution in [0.3, 0.4) is 0 Å². The van der Waals surface area contributed by atoms with Crippen molar-refractivity contribution >= 4 is 27.3 Å². The van der Waals surface area contributed by atoms with Crippen molar-refractivity contribution in [2.45, 2.75) is 19.4 Å². The van der Waals surface area contributed by atoms with Gasteiger partial charge in [0.25, 0.3) is 0 Å². The van der Waals surface area contributed by atoms with E-state index in [1.54, 1.807) is 10.7 Å². The molecule has 0 aliphatic carbocycles. The van der Waals surface area contributed by atoms with Gasteiger partial charge in [-0.25, -0.2) is 13.1 Å². The number of sulfone groups is 1. The molecule has 1 aliphatic rings. The van der Waals surface area contributed by atoms with Crippen LogP contribution < -0.4 is 5.73 Å². The molecule has 1 atom stereocenters. The van der Waals surface area contributed by atoms with Crippen molar-refractivity contribution in [3.8, 4) is 11.3 Å². The van der Waals surface area contributed by atoms with E-state index in [0.29, 0.717) is 17.3 Å². The molecule has 1 aliphatic heterocycles. The summed E-state index contributed by atoms with van der Waals surface area (Å²) in [6.45, 7) is 1.92. The predicted molar refractivity (Wildman–Crippen MR) is 84.1 cm³/mol. The third kappa shape index (κ3) is 2.65. The maximum atomic E-state index is 11.6. The number of nitrogens with two attached hydrogens (primary N) is 1. The fraction of sp³-hybridized carbons (Fsp3) is 0.357. The summed E-state index contributed by atoms with van der Waals surface area (Å²) < 4.78 is 24.8. The number of hydrogen-bond donors (Lipinski definition) is 1. The van der Waals surface area contributed by atoms with Crippen LogP contribution in [-0.4, -0.2) is 29.7 Å². The van der Waals surface area contributed by atoms with Crippen LogP contribution in [0.15, 0.2) is 24.3 Å². The zero-order chi connectivity index (χ0) is 15.2. The monoisotopic (exact) mass is 325 g/mol. The van der Waals surface area contributed by atoms with Crippen LogP contribution in [0.5, 0.6) is 0 Å². The summed E-state index contributed by atoms with van der Waals surface area (Å²) in [5, 5.41) is 5.17. The fourth-order valence-electron chi connectivity index (χ4n) is 2.69. The molecule has 5 nitrogen and oxygen atoms in total. The molecule has 2 heterocycles. The average molecular weight is 326 g/mol. The Kier molecular flexibility index (Phi) is 3.45. The van der Waals surface area contributed by atoms with Crippen LogP contribution in [0.2, 0.25) is 5.02 Å². The Morgan fingerprint density at radius 3 is 2.86 bits per heavy atom. The molecule has 0 radical (unpaired) electrons. The smallest absolute Gasteiger partial charge is 0.152 e. The van der Waals surface area contributed by atoms with Gasteiger partial charge in [0, 0.05) is 16.7 Å². The fourth-order valence-corrected chi connectivity index (χ4v) is 4.55. The summed E-state index contributed by atoms with van der Waals surface area (Å²) in [5.41, 5.74) is 8.57. The Labute approximate surface area is 128 Å². The van der Waals surface area contributed by atoms with Crippen LogP contribution in [-0.2, 0) is 9.84 Å². The van der Waals surface area contributed by atoms with E-state index in [-0.39, 0.29) is 17.5 Å². The molecular weight excluding hydrogens is 310 g/mol. The first-order valence-electron chi connectivity index (χ1n) is 6.68. The van der Waals surface area contributed by atoms with Crippen molar-refractivity contribution in [2.75, 3.05) is 17.2 Å². The lowest BCUT2D eigenvalue weighted by atomic mass is 10.1. The summed E-state index contributed by atoms with van der Waals surface area (Å²) in [7, 11) is -2.97. The molecule has 1 aromatic carbocycles. The second-order valence-corrected chi connectivity index (χ2v) is 8.00. The zero-order valence-electron chi connectivity index (χ0n) is 11.6. The third-order valence-corrected chi connectivity index (χ3v) is 6.02. The van der Waals surface area contributed by atoms with Crippen molar-refractivity contribution in [2.24, 2.45) is 0 Å². The number of nitrogens with zero attached hydrogens (tertiary/aromatic N) is 2. The van der Waals surface area contributed by atoms with Gasteiger partial charge < -0.3 is 5.73 Å². The molecule has 21 heavy (non-hydrogen) atoms. The lowest BCUT2D eigenvalue weighted by Crippen LogP contribution is -2.14. The Balaban J connectivity index is 2.01. The topological polar surface area (TPSA) is 78.0 Å². The molecule has 0 saturated carbocycles. The van der Waals surface area contributed by atoms with Gasteiger partial charge in [-0.3, -0.25) is 0 Å². The van der Waals surface area contributed by atoms with Crippen LogP contribution >= 0.6 is 11.6 Å². The highest BCUT2D eigenvalue weighted by molar-refractivity contribution is 7.91. The number of halogens is 1. The first-order chi connectivity index (χ1) is 9.87. The Morgan fingerprint density at radius 1 is 1.43 bits per heavy atom. The summed E-state index contributed by atoms with van der Waals surface area (Å²) in [6.07, 6.45) is 0.558. The molecule has 1 fully saturated rings. The molecular formula is C14H16ClN3O2S. The van der Waals surface area contributed by atoms with E-state index in [4.69, 9.17) is 17.3 Å². The minimum absolute atomic E-state index is 0.104. The van der Waals surface area contributed by atoms with Crippen molar-refractivity contribution in [3.63, 3.8) is 0 Å². The lowest BCUT2D eigenvalue weighted by molar-refractivity contribution is 0.508. The number of rotatable bonds is 2. The summed E-state index contributed by atoms with van der Waals surface area (Å²) >= 11 is 6.13. The molecule has 1 saturated heterocycles. The molecule has 3 rings (SSSR count). The standard InChI is InChI=1S/C14H16ClN3O2S/c1-9-11(3-2-4-12(9)15)13-7-14(16)18(17-13)10-5-6-21(19,20)8-10/h2-4,7,10H,5-6,8,16H2,1H3. The van der Waals surface area contributed by atoms with Crippen LogP contribution in [0.25, 0.3) is 11.3 Å². The van der Waals surface area contributed by atoms with Gasteiger partial charge in [0.1, 0.15) is 5.82 Å². The third-order valence-electron chi connectivity index (χ3n) is 3.86. The molecule has 112 valence electrons. The highest BCUT2D eigenvalue weighted by atomic mass is 35.5.